The zero-order chi connectivity index (χ0) is 15.2. The predicted octanol–water partition coefficient (Wildman–Crippen LogP) is 3.28. The van der Waals surface area contributed by atoms with E-state index in [2.05, 4.69) is 18.3 Å². The van der Waals surface area contributed by atoms with Crippen molar-refractivity contribution in [3.05, 3.63) is 29.8 Å². The molecule has 0 heterocycles. The normalized spacial score (nSPS) is 25.3. The molecule has 1 N–H and O–H groups in total. The first kappa shape index (κ1) is 16.5. The molecule has 118 valence electrons. The smallest absolute Gasteiger partial charge is 0.119 e. The van der Waals surface area contributed by atoms with Crippen LogP contribution >= 0.6 is 0 Å². The topological polar surface area (TPSA) is 38.3 Å². The van der Waals surface area contributed by atoms with E-state index in [0.29, 0.717) is 11.0 Å². The van der Waals surface area contributed by atoms with Crippen LogP contribution in [0, 0.1) is 5.92 Å². The van der Waals surface area contributed by atoms with E-state index in [1.165, 1.54) is 12.8 Å². The molecule has 1 aliphatic rings. The van der Waals surface area contributed by atoms with Crippen molar-refractivity contribution in [2.45, 2.75) is 43.9 Å². The number of nitrogens with one attached hydrogen (secondary N) is 1. The summed E-state index contributed by atoms with van der Waals surface area (Å²) in [5.74, 6) is 2.25. The third-order valence-electron chi connectivity index (χ3n) is 4.44. The third-order valence-corrected chi connectivity index (χ3v) is 6.27. The Labute approximate surface area is 130 Å². The first-order valence-corrected chi connectivity index (χ1v) is 9.20. The molecule has 1 aromatic carbocycles. The van der Waals surface area contributed by atoms with E-state index in [1.807, 2.05) is 25.2 Å². The average Bonchev–Trinajstić information content (AvgIpc) is 2.52. The summed E-state index contributed by atoms with van der Waals surface area (Å²) in [5, 5.41) is 3.67. The second kappa shape index (κ2) is 7.95. The lowest BCUT2D eigenvalue weighted by Gasteiger charge is -2.27. The molecule has 0 aromatic heterocycles. The van der Waals surface area contributed by atoms with Crippen molar-refractivity contribution < 1.29 is 8.95 Å². The van der Waals surface area contributed by atoms with Crippen LogP contribution in [0.2, 0.25) is 0 Å². The summed E-state index contributed by atoms with van der Waals surface area (Å²) in [6.07, 6.45) is 4.74. The summed E-state index contributed by atoms with van der Waals surface area (Å²) >= 11 is 0. The third kappa shape index (κ3) is 4.55. The van der Waals surface area contributed by atoms with E-state index >= 15 is 0 Å². The monoisotopic (exact) mass is 309 g/mol. The van der Waals surface area contributed by atoms with Crippen LogP contribution in [0.1, 0.15) is 44.2 Å². The van der Waals surface area contributed by atoms with Gasteiger partial charge >= 0.3 is 0 Å². The summed E-state index contributed by atoms with van der Waals surface area (Å²) in [6, 6.07) is 8.16. The Kier molecular flexibility index (Phi) is 6.24. The van der Waals surface area contributed by atoms with Gasteiger partial charge in [-0.2, -0.15) is 0 Å². The van der Waals surface area contributed by atoms with E-state index in [0.717, 1.165) is 30.1 Å². The standard InChI is InChI=1S/C17H27NO2S/c1-13-6-4-9-16(10-13)21(19)12-17(18-2)14-7-5-8-15(11-14)20-3/h5,7-8,11,13,16-18H,4,6,9-10,12H2,1-3H3. The molecular weight excluding hydrogens is 282 g/mol. The minimum atomic E-state index is -0.769. The van der Waals surface area contributed by atoms with Crippen molar-refractivity contribution in [2.75, 3.05) is 19.9 Å². The van der Waals surface area contributed by atoms with Gasteiger partial charge in [-0.3, -0.25) is 4.21 Å². The molecule has 0 amide bonds. The van der Waals surface area contributed by atoms with Gasteiger partial charge in [-0.15, -0.1) is 0 Å². The minimum absolute atomic E-state index is 0.123. The van der Waals surface area contributed by atoms with Crippen LogP contribution < -0.4 is 10.1 Å². The molecule has 4 unspecified atom stereocenters. The van der Waals surface area contributed by atoms with Gasteiger partial charge in [0, 0.05) is 27.8 Å². The molecular formula is C17H27NO2S. The van der Waals surface area contributed by atoms with Crippen LogP contribution in [0.5, 0.6) is 5.75 Å². The Hall–Kier alpha value is -0.870. The first-order valence-electron chi connectivity index (χ1n) is 7.82. The summed E-state index contributed by atoms with van der Waals surface area (Å²) in [5.41, 5.74) is 1.15. The van der Waals surface area contributed by atoms with Gasteiger partial charge in [0.1, 0.15) is 5.75 Å². The number of methoxy groups -OCH3 is 1. The van der Waals surface area contributed by atoms with Gasteiger partial charge < -0.3 is 10.1 Å². The number of rotatable bonds is 6. The number of hydrogen-bond donors (Lipinski definition) is 1. The fourth-order valence-corrected chi connectivity index (χ4v) is 5.05. The Morgan fingerprint density at radius 1 is 1.43 bits per heavy atom. The Bertz CT molecular complexity index is 478. The first-order chi connectivity index (χ1) is 10.1. The van der Waals surface area contributed by atoms with Gasteiger partial charge in [-0.1, -0.05) is 31.9 Å². The van der Waals surface area contributed by atoms with E-state index in [1.54, 1.807) is 7.11 Å². The van der Waals surface area contributed by atoms with E-state index in [9.17, 15) is 4.21 Å². The molecule has 0 saturated heterocycles. The van der Waals surface area contributed by atoms with E-state index < -0.39 is 10.8 Å². The quantitative estimate of drug-likeness (QED) is 0.876. The minimum Gasteiger partial charge on any atom is -0.497 e. The Morgan fingerprint density at radius 3 is 2.90 bits per heavy atom. The maximum absolute atomic E-state index is 12.7. The fraction of sp³-hybridized carbons (Fsp3) is 0.647. The summed E-state index contributed by atoms with van der Waals surface area (Å²) < 4.78 is 18.0. The maximum atomic E-state index is 12.7. The molecule has 1 saturated carbocycles. The van der Waals surface area contributed by atoms with Crippen LogP contribution in [0.4, 0.5) is 0 Å². The van der Waals surface area contributed by atoms with Crippen LogP contribution in [0.15, 0.2) is 24.3 Å². The number of ether oxygens (including phenoxy) is 1. The summed E-state index contributed by atoms with van der Waals surface area (Å²) in [4.78, 5) is 0. The van der Waals surface area contributed by atoms with Gasteiger partial charge in [0.15, 0.2) is 0 Å². The number of hydrogen-bond acceptors (Lipinski definition) is 3. The zero-order valence-corrected chi connectivity index (χ0v) is 14.1. The predicted molar refractivity (Wildman–Crippen MR) is 89.2 cm³/mol. The molecule has 1 aliphatic carbocycles. The highest BCUT2D eigenvalue weighted by molar-refractivity contribution is 7.85. The molecule has 0 spiro atoms. The second-order valence-corrected chi connectivity index (χ2v) is 7.82. The molecule has 3 nitrogen and oxygen atoms in total. The summed E-state index contributed by atoms with van der Waals surface area (Å²) in [7, 11) is 2.84. The van der Waals surface area contributed by atoms with Gasteiger partial charge in [0.25, 0.3) is 0 Å². The highest BCUT2D eigenvalue weighted by Gasteiger charge is 2.26. The van der Waals surface area contributed by atoms with Gasteiger partial charge in [0.2, 0.25) is 0 Å². The number of benzene rings is 1. The van der Waals surface area contributed by atoms with Gasteiger partial charge in [0.05, 0.1) is 7.11 Å². The van der Waals surface area contributed by atoms with Crippen LogP contribution in [-0.2, 0) is 10.8 Å². The highest BCUT2D eigenvalue weighted by Crippen LogP contribution is 2.29. The molecule has 1 fully saturated rings. The molecule has 0 bridgehead atoms. The average molecular weight is 309 g/mol. The lowest BCUT2D eigenvalue weighted by Crippen LogP contribution is -2.30. The van der Waals surface area contributed by atoms with Crippen molar-refractivity contribution in [3.8, 4) is 5.75 Å². The molecule has 0 aliphatic heterocycles. The molecule has 21 heavy (non-hydrogen) atoms. The maximum Gasteiger partial charge on any atom is 0.119 e. The second-order valence-electron chi connectivity index (χ2n) is 6.06. The van der Waals surface area contributed by atoms with Crippen LogP contribution in [0.3, 0.4) is 0 Å². The van der Waals surface area contributed by atoms with Crippen molar-refractivity contribution in [1.29, 1.82) is 0 Å². The Morgan fingerprint density at radius 2 is 2.24 bits per heavy atom. The molecule has 4 heteroatoms. The lowest BCUT2D eigenvalue weighted by atomic mass is 9.91. The molecule has 0 radical (unpaired) electrons. The largest absolute Gasteiger partial charge is 0.497 e. The molecule has 4 atom stereocenters. The van der Waals surface area contributed by atoms with Crippen LogP contribution in [-0.4, -0.2) is 29.4 Å². The van der Waals surface area contributed by atoms with Crippen molar-refractivity contribution in [2.24, 2.45) is 5.92 Å². The van der Waals surface area contributed by atoms with Gasteiger partial charge in [-0.05, 0) is 43.5 Å². The van der Waals surface area contributed by atoms with Crippen molar-refractivity contribution in [3.63, 3.8) is 0 Å². The SMILES string of the molecule is CNC(CS(=O)C1CCCC(C)C1)c1cccc(OC)c1. The van der Waals surface area contributed by atoms with E-state index in [4.69, 9.17) is 4.74 Å². The van der Waals surface area contributed by atoms with E-state index in [-0.39, 0.29) is 6.04 Å². The van der Waals surface area contributed by atoms with Gasteiger partial charge in [-0.25, -0.2) is 0 Å². The zero-order valence-electron chi connectivity index (χ0n) is 13.3. The van der Waals surface area contributed by atoms with Crippen molar-refractivity contribution >= 4 is 10.8 Å². The van der Waals surface area contributed by atoms with Crippen molar-refractivity contribution in [1.82, 2.24) is 5.32 Å². The highest BCUT2D eigenvalue weighted by atomic mass is 32.2. The molecule has 2 rings (SSSR count). The fourth-order valence-electron chi connectivity index (χ4n) is 3.12. The Balaban J connectivity index is 2.02. The molecule has 1 aromatic rings. The summed E-state index contributed by atoms with van der Waals surface area (Å²) in [6.45, 7) is 2.28. The van der Waals surface area contributed by atoms with Crippen LogP contribution in [0.25, 0.3) is 0 Å². The lowest BCUT2D eigenvalue weighted by molar-refractivity contribution is 0.388.